The second-order valence-electron chi connectivity index (χ2n) is 7.58. The van der Waals surface area contributed by atoms with E-state index in [0.717, 1.165) is 0 Å². The van der Waals surface area contributed by atoms with Gasteiger partial charge in [-0.1, -0.05) is 54.6 Å². The number of carbonyl (C=O) groups excluding carboxylic acids is 3. The monoisotopic (exact) mass is 461 g/mol. The summed E-state index contributed by atoms with van der Waals surface area (Å²) in [7, 11) is 0. The molecule has 1 aliphatic heterocycles. The number of nitrogens with two attached hydrogens (primary N) is 1. The molecule has 4 atom stereocenters. The van der Waals surface area contributed by atoms with E-state index in [4.69, 9.17) is 24.7 Å². The van der Waals surface area contributed by atoms with Gasteiger partial charge in [0.1, 0.15) is 18.9 Å². The van der Waals surface area contributed by atoms with Crippen LogP contribution in [-0.4, -0.2) is 49.1 Å². The molecule has 4 rings (SSSR count). The number of esters is 3. The van der Waals surface area contributed by atoms with Crippen molar-refractivity contribution in [3.8, 4) is 0 Å². The van der Waals surface area contributed by atoms with Crippen molar-refractivity contribution in [3.05, 3.63) is 108 Å². The number of ether oxygens (including phenoxy) is 4. The van der Waals surface area contributed by atoms with Crippen molar-refractivity contribution in [1.82, 2.24) is 0 Å². The first-order valence-corrected chi connectivity index (χ1v) is 10.7. The summed E-state index contributed by atoms with van der Waals surface area (Å²) in [5.41, 5.74) is 7.05. The first-order valence-electron chi connectivity index (χ1n) is 10.7. The van der Waals surface area contributed by atoms with E-state index >= 15 is 0 Å². The van der Waals surface area contributed by atoms with Crippen LogP contribution in [0.5, 0.6) is 0 Å². The average molecular weight is 461 g/mol. The highest BCUT2D eigenvalue weighted by atomic mass is 16.7. The molecule has 0 radical (unpaired) electrons. The normalized spacial score (nSPS) is 21.4. The molecule has 1 saturated heterocycles. The van der Waals surface area contributed by atoms with Crippen LogP contribution < -0.4 is 5.73 Å². The Morgan fingerprint density at radius 1 is 0.647 bits per heavy atom. The molecular formula is C26H23NO7. The zero-order chi connectivity index (χ0) is 23.9. The Labute approximate surface area is 196 Å². The molecule has 1 fully saturated rings. The molecule has 4 unspecified atom stereocenters. The van der Waals surface area contributed by atoms with E-state index in [0.29, 0.717) is 16.7 Å². The minimum atomic E-state index is -1.11. The molecule has 8 heteroatoms. The Hall–Kier alpha value is -4.01. The zero-order valence-electron chi connectivity index (χ0n) is 18.1. The summed E-state index contributed by atoms with van der Waals surface area (Å²) in [5, 5.41) is 0. The topological polar surface area (TPSA) is 114 Å². The van der Waals surface area contributed by atoms with Crippen molar-refractivity contribution >= 4 is 17.9 Å². The van der Waals surface area contributed by atoms with E-state index in [2.05, 4.69) is 0 Å². The minimum absolute atomic E-state index is 0.256. The van der Waals surface area contributed by atoms with Crippen molar-refractivity contribution in [1.29, 1.82) is 0 Å². The Bertz CT molecular complexity index is 1120. The van der Waals surface area contributed by atoms with Gasteiger partial charge in [0.2, 0.25) is 0 Å². The van der Waals surface area contributed by atoms with E-state index < -0.39 is 42.4 Å². The van der Waals surface area contributed by atoms with Crippen LogP contribution >= 0.6 is 0 Å². The summed E-state index contributed by atoms with van der Waals surface area (Å²) < 4.78 is 22.3. The highest BCUT2D eigenvalue weighted by Crippen LogP contribution is 2.27. The Morgan fingerprint density at radius 2 is 1.06 bits per heavy atom. The summed E-state index contributed by atoms with van der Waals surface area (Å²) in [6.07, 6.45) is -4.25. The predicted octanol–water partition coefficient (Wildman–Crippen LogP) is 2.98. The van der Waals surface area contributed by atoms with Crippen LogP contribution in [-0.2, 0) is 18.9 Å². The van der Waals surface area contributed by atoms with Crippen LogP contribution in [0.3, 0.4) is 0 Å². The molecule has 0 bridgehead atoms. The van der Waals surface area contributed by atoms with E-state index in [9.17, 15) is 14.4 Å². The van der Waals surface area contributed by atoms with Gasteiger partial charge in [0, 0.05) is 0 Å². The molecule has 0 aromatic heterocycles. The summed E-state index contributed by atoms with van der Waals surface area (Å²) in [6, 6.07) is 25.1. The minimum Gasteiger partial charge on any atom is -0.459 e. The van der Waals surface area contributed by atoms with Crippen molar-refractivity contribution in [3.63, 3.8) is 0 Å². The van der Waals surface area contributed by atoms with Crippen LogP contribution in [0, 0.1) is 0 Å². The lowest BCUT2D eigenvalue weighted by Gasteiger charge is -2.23. The Balaban J connectivity index is 1.51. The van der Waals surface area contributed by atoms with Crippen LogP contribution in [0.4, 0.5) is 0 Å². The van der Waals surface area contributed by atoms with Gasteiger partial charge in [-0.15, -0.1) is 0 Å². The molecule has 0 amide bonds. The second-order valence-corrected chi connectivity index (χ2v) is 7.58. The average Bonchev–Trinajstić information content (AvgIpc) is 3.17. The Kier molecular flexibility index (Phi) is 7.31. The fourth-order valence-corrected chi connectivity index (χ4v) is 3.51. The molecule has 3 aromatic carbocycles. The van der Waals surface area contributed by atoms with E-state index in [-0.39, 0.29) is 6.61 Å². The fraction of sp³-hybridized carbons (Fsp3) is 0.192. The van der Waals surface area contributed by atoms with Crippen LogP contribution in [0.2, 0.25) is 0 Å². The highest BCUT2D eigenvalue weighted by Gasteiger charge is 2.49. The highest BCUT2D eigenvalue weighted by molar-refractivity contribution is 5.91. The summed E-state index contributed by atoms with van der Waals surface area (Å²) in [4.78, 5) is 37.8. The third kappa shape index (κ3) is 5.48. The van der Waals surface area contributed by atoms with Gasteiger partial charge in [-0.3, -0.25) is 0 Å². The molecule has 8 nitrogen and oxygen atoms in total. The lowest BCUT2D eigenvalue weighted by Crippen LogP contribution is -2.44. The smallest absolute Gasteiger partial charge is 0.338 e. The second kappa shape index (κ2) is 10.7. The molecule has 174 valence electrons. The number of hydrogen-bond donors (Lipinski definition) is 1. The summed E-state index contributed by atoms with van der Waals surface area (Å²) >= 11 is 0. The molecular weight excluding hydrogens is 438 g/mol. The van der Waals surface area contributed by atoms with Gasteiger partial charge in [0.25, 0.3) is 0 Å². The maximum atomic E-state index is 12.7. The molecule has 0 spiro atoms. The maximum Gasteiger partial charge on any atom is 0.338 e. The first kappa shape index (κ1) is 23.2. The lowest BCUT2D eigenvalue weighted by molar-refractivity contribution is -0.0446. The molecule has 1 aliphatic rings. The molecule has 0 aliphatic carbocycles. The Morgan fingerprint density at radius 3 is 1.53 bits per heavy atom. The third-order valence-corrected chi connectivity index (χ3v) is 5.24. The number of carbonyl (C=O) groups is 3. The van der Waals surface area contributed by atoms with Gasteiger partial charge in [-0.25, -0.2) is 14.4 Å². The van der Waals surface area contributed by atoms with Crippen molar-refractivity contribution in [2.45, 2.75) is 24.5 Å². The van der Waals surface area contributed by atoms with Crippen LogP contribution in [0.15, 0.2) is 91.0 Å². The largest absolute Gasteiger partial charge is 0.459 e. The van der Waals surface area contributed by atoms with Gasteiger partial charge in [0.05, 0.1) is 16.7 Å². The van der Waals surface area contributed by atoms with Crippen molar-refractivity contribution in [2.24, 2.45) is 5.73 Å². The van der Waals surface area contributed by atoms with Crippen LogP contribution in [0.1, 0.15) is 31.1 Å². The van der Waals surface area contributed by atoms with Gasteiger partial charge in [0.15, 0.2) is 12.2 Å². The molecule has 0 saturated carbocycles. The quantitative estimate of drug-likeness (QED) is 0.422. The maximum absolute atomic E-state index is 12.7. The van der Waals surface area contributed by atoms with Gasteiger partial charge >= 0.3 is 17.9 Å². The number of benzene rings is 3. The van der Waals surface area contributed by atoms with E-state index in [1.807, 2.05) is 0 Å². The SMILES string of the molecule is NC1OC(COC(=O)c2ccccc2)C(OC(=O)c2ccccc2)C1OC(=O)c1ccccc1. The number of rotatable bonds is 7. The molecule has 1 heterocycles. The van der Waals surface area contributed by atoms with Crippen LogP contribution in [0.25, 0.3) is 0 Å². The van der Waals surface area contributed by atoms with E-state index in [1.165, 1.54) is 0 Å². The predicted molar refractivity (Wildman–Crippen MR) is 121 cm³/mol. The van der Waals surface area contributed by atoms with E-state index in [1.54, 1.807) is 91.0 Å². The van der Waals surface area contributed by atoms with Gasteiger partial charge in [-0.2, -0.15) is 0 Å². The summed E-state index contributed by atoms with van der Waals surface area (Å²) in [6.45, 7) is -0.256. The lowest BCUT2D eigenvalue weighted by atomic mass is 10.1. The summed E-state index contributed by atoms with van der Waals surface area (Å²) in [5.74, 6) is -1.87. The van der Waals surface area contributed by atoms with Gasteiger partial charge < -0.3 is 24.7 Å². The van der Waals surface area contributed by atoms with Gasteiger partial charge in [-0.05, 0) is 36.4 Å². The standard InChI is InChI=1S/C26H23NO7/c27-23-22(34-26(30)19-14-8-3-9-15-19)21(33-25(29)18-12-6-2-7-13-18)20(32-23)16-31-24(28)17-10-4-1-5-11-17/h1-15,20-23H,16,27H2. The third-order valence-electron chi connectivity index (χ3n) is 5.24. The zero-order valence-corrected chi connectivity index (χ0v) is 18.1. The fourth-order valence-electron chi connectivity index (χ4n) is 3.51. The van der Waals surface area contributed by atoms with Crippen molar-refractivity contribution in [2.75, 3.05) is 6.61 Å². The molecule has 3 aromatic rings. The van der Waals surface area contributed by atoms with Crippen molar-refractivity contribution < 1.29 is 33.3 Å². The molecule has 2 N–H and O–H groups in total. The number of hydrogen-bond acceptors (Lipinski definition) is 8. The molecule has 34 heavy (non-hydrogen) atoms. The first-order chi connectivity index (χ1) is 16.5.